The molecule has 4 aromatic heterocycles. The monoisotopic (exact) mass is 1080 g/mol. The van der Waals surface area contributed by atoms with Crippen LogP contribution in [0, 0.1) is 10.8 Å². The van der Waals surface area contributed by atoms with Crippen LogP contribution in [-0.2, 0) is 10.8 Å². The Kier molecular flexibility index (Phi) is 10.9. The summed E-state index contributed by atoms with van der Waals surface area (Å²) in [6, 6.07) is 34.9. The summed E-state index contributed by atoms with van der Waals surface area (Å²) < 4.78 is 5.14. The minimum atomic E-state index is -0.347. The second-order valence-corrected chi connectivity index (χ2v) is 30.2. The highest BCUT2D eigenvalue weighted by Gasteiger charge is 2.50. The predicted molar refractivity (Wildman–Crippen MR) is 348 cm³/mol. The molecule has 0 saturated heterocycles. The number of benzene rings is 7. The largest absolute Gasteiger partial charge is 0.308 e. The zero-order chi connectivity index (χ0) is 57.5. The van der Waals surface area contributed by atoms with Crippen molar-refractivity contribution in [1.29, 1.82) is 0 Å². The van der Waals surface area contributed by atoms with Gasteiger partial charge in [0.2, 0.25) is 0 Å². The number of ketones is 2. The van der Waals surface area contributed by atoms with Crippen molar-refractivity contribution in [3.63, 3.8) is 0 Å². The molecule has 4 bridgehead atoms. The Balaban J connectivity index is 1.13. The third kappa shape index (κ3) is 6.84. The van der Waals surface area contributed by atoms with Gasteiger partial charge in [-0.1, -0.05) is 135 Å². The molecule has 4 heterocycles. The van der Waals surface area contributed by atoms with Gasteiger partial charge in [-0.2, -0.15) is 0 Å². The quantitative estimate of drug-likeness (QED) is 0.152. The van der Waals surface area contributed by atoms with Crippen LogP contribution in [0.25, 0.3) is 98.4 Å². The van der Waals surface area contributed by atoms with Gasteiger partial charge in [0.25, 0.3) is 0 Å². The zero-order valence-corrected chi connectivity index (χ0v) is 51.9. The number of carbonyl (C=O) groups is 2. The first-order valence-corrected chi connectivity index (χ1v) is 31.8. The molecule has 7 aromatic carbocycles. The molecule has 0 aliphatic heterocycles. The molecule has 418 valence electrons. The number of aromatic nitrogens is 2. The van der Waals surface area contributed by atoms with E-state index < -0.39 is 0 Å². The molecule has 0 amide bonds. The van der Waals surface area contributed by atoms with Crippen LogP contribution >= 0.6 is 0 Å². The first-order chi connectivity index (χ1) is 38.8. The first kappa shape index (κ1) is 52.3. The molecule has 0 N–H and O–H groups in total. The van der Waals surface area contributed by atoms with Crippen molar-refractivity contribution < 1.29 is 9.59 Å². The summed E-state index contributed by atoms with van der Waals surface area (Å²) in [5, 5.41) is 9.97. The number of fused-ring (bicyclic) bond motifs is 16. The topological polar surface area (TPSA) is 43.0 Å². The first-order valence-electron chi connectivity index (χ1n) is 31.8. The third-order valence-electron chi connectivity index (χ3n) is 22.8. The van der Waals surface area contributed by atoms with E-state index in [0.717, 1.165) is 73.5 Å². The summed E-state index contributed by atoms with van der Waals surface area (Å²) in [6.07, 6.45) is 7.88. The van der Waals surface area contributed by atoms with E-state index in [1.807, 2.05) is 0 Å². The Hall–Kier alpha value is -6.52. The Morgan fingerprint density at radius 1 is 0.317 bits per heavy atom. The average Bonchev–Trinajstić information content (AvgIpc) is 3.80. The zero-order valence-electron chi connectivity index (χ0n) is 51.9. The molecule has 0 unspecified atom stereocenters. The molecular weight excluding hydrogens is 997 g/mol. The predicted octanol–water partition coefficient (Wildman–Crippen LogP) is 22.1. The smallest absolute Gasteiger partial charge is 0.169 e. The van der Waals surface area contributed by atoms with E-state index in [1.54, 1.807) is 0 Å². The molecule has 4 heteroatoms. The van der Waals surface area contributed by atoms with Crippen molar-refractivity contribution in [2.75, 3.05) is 0 Å². The SMILES string of the molecule is CC(C)c1cc(C(C)C)c(-c2cc3c4cc5c(cc4n4c6cc7c8cc(-c9c(C(C)C)cc(C(C)C)cc9C(C)C)cc9c%10cc%11c(cc%10n(c7cc6c(c2)c34)c98)C(=O)C2(C)CCC%11(C)CC2)C(=O)C2(C)CCC5(C)CC2)c(C(C)C)c1. The van der Waals surface area contributed by atoms with Crippen LogP contribution in [0.4, 0.5) is 0 Å². The summed E-state index contributed by atoms with van der Waals surface area (Å²) in [5.74, 6) is 2.77. The van der Waals surface area contributed by atoms with Gasteiger partial charge in [0.1, 0.15) is 0 Å². The van der Waals surface area contributed by atoms with Gasteiger partial charge in [-0.3, -0.25) is 9.59 Å². The van der Waals surface area contributed by atoms with E-state index >= 15 is 9.59 Å². The van der Waals surface area contributed by atoms with Crippen LogP contribution in [0.5, 0.6) is 0 Å². The van der Waals surface area contributed by atoms with Crippen molar-refractivity contribution in [1.82, 2.24) is 8.80 Å². The highest BCUT2D eigenvalue weighted by atomic mass is 16.1. The van der Waals surface area contributed by atoms with Crippen LogP contribution in [0.2, 0.25) is 0 Å². The lowest BCUT2D eigenvalue weighted by molar-refractivity contribution is 0.0726. The maximum absolute atomic E-state index is 15.2. The van der Waals surface area contributed by atoms with Gasteiger partial charge in [0.05, 0.1) is 33.1 Å². The van der Waals surface area contributed by atoms with Crippen molar-refractivity contribution in [3.05, 3.63) is 141 Å². The number of nitrogens with zero attached hydrogens (tertiary/aromatic N) is 2. The van der Waals surface area contributed by atoms with Crippen LogP contribution in [0.1, 0.15) is 263 Å². The van der Waals surface area contributed by atoms with Gasteiger partial charge in [0.15, 0.2) is 11.6 Å². The molecule has 0 atom stereocenters. The fourth-order valence-electron chi connectivity index (χ4n) is 17.3. The van der Waals surface area contributed by atoms with Gasteiger partial charge in [-0.15, -0.1) is 0 Å². The standard InChI is InChI=1S/C78H84N2O2/c1-39(2)45-25-49(41(5)6)69(50(26-45)42(7)8)47-29-57-53-33-63-61(73(81)77(15)21-17-75(63,13)18-22-77)37-67(53)79-65-36-56-60-32-48(70-51(43(9)10)27-46(40(3)4)28-52(70)44(11)12)30-58-54-34-64-62(74(82)78(16)23-19-76(64,14)20-24-78)38-68(54)80(72(58)60)66(56)35-55(65)59(31-47)71(57)79/h25-44H,17-24H2,1-16H3. The third-order valence-corrected chi connectivity index (χ3v) is 22.8. The molecule has 0 radical (unpaired) electrons. The summed E-state index contributed by atoms with van der Waals surface area (Å²) in [4.78, 5) is 30.3. The summed E-state index contributed by atoms with van der Waals surface area (Å²) in [6.45, 7) is 37.6. The van der Waals surface area contributed by atoms with E-state index in [2.05, 4.69) is 205 Å². The minimum Gasteiger partial charge on any atom is -0.308 e. The molecule has 0 spiro atoms. The Labute approximate surface area is 485 Å². The fourth-order valence-corrected chi connectivity index (χ4v) is 17.3. The van der Waals surface area contributed by atoms with E-state index in [0.29, 0.717) is 47.1 Å². The molecule has 11 aromatic rings. The molecule has 4 nitrogen and oxygen atoms in total. The number of hydrogen-bond acceptors (Lipinski definition) is 2. The van der Waals surface area contributed by atoms with Crippen molar-refractivity contribution in [2.24, 2.45) is 10.8 Å². The molecule has 17 rings (SSSR count). The van der Waals surface area contributed by atoms with Gasteiger partial charge in [-0.05, 0) is 225 Å². The second-order valence-electron chi connectivity index (χ2n) is 30.2. The molecule has 2 fully saturated rings. The highest BCUT2D eigenvalue weighted by molar-refractivity contribution is 6.31. The van der Waals surface area contributed by atoms with E-state index in [-0.39, 0.29) is 21.7 Å². The molecule has 82 heavy (non-hydrogen) atoms. The van der Waals surface area contributed by atoms with Crippen molar-refractivity contribution in [2.45, 2.75) is 208 Å². The summed E-state index contributed by atoms with van der Waals surface area (Å²) in [5.41, 5.74) is 24.4. The Morgan fingerprint density at radius 2 is 0.585 bits per heavy atom. The van der Waals surface area contributed by atoms with E-state index in [1.165, 1.54) is 132 Å². The Morgan fingerprint density at radius 3 is 0.866 bits per heavy atom. The molecule has 6 aliphatic rings. The van der Waals surface area contributed by atoms with Gasteiger partial charge < -0.3 is 8.80 Å². The van der Waals surface area contributed by atoms with Gasteiger partial charge >= 0.3 is 0 Å². The number of Topliss-reactive ketones (excluding diaryl/α,β-unsaturated/α-hetero) is 2. The maximum Gasteiger partial charge on any atom is 0.169 e. The van der Waals surface area contributed by atoms with Crippen molar-refractivity contribution >= 4 is 87.8 Å². The molecular formula is C78H84N2O2. The highest BCUT2D eigenvalue weighted by Crippen LogP contribution is 2.58. The summed E-state index contributed by atoms with van der Waals surface area (Å²) >= 11 is 0. The second kappa shape index (κ2) is 17.1. The minimum absolute atomic E-state index is 0.0558. The number of carbonyl (C=O) groups excluding carboxylic acids is 2. The van der Waals surface area contributed by atoms with Crippen LogP contribution in [0.15, 0.2) is 84.9 Å². The van der Waals surface area contributed by atoms with Crippen LogP contribution in [0.3, 0.4) is 0 Å². The molecule has 6 aliphatic carbocycles. The lowest BCUT2D eigenvalue weighted by Gasteiger charge is -2.38. The number of rotatable bonds is 8. The normalized spacial score (nSPS) is 23.1. The van der Waals surface area contributed by atoms with Crippen LogP contribution in [-0.4, -0.2) is 20.4 Å². The van der Waals surface area contributed by atoms with Crippen molar-refractivity contribution in [3.8, 4) is 22.3 Å². The lowest BCUT2D eigenvalue weighted by atomic mass is 9.65. The average molecular weight is 1080 g/mol. The van der Waals surface area contributed by atoms with E-state index in [9.17, 15) is 0 Å². The lowest BCUT2D eigenvalue weighted by Crippen LogP contribution is -2.33. The van der Waals surface area contributed by atoms with Crippen LogP contribution < -0.4 is 0 Å². The Bertz CT molecular complexity index is 4260. The molecule has 2 saturated carbocycles. The summed E-state index contributed by atoms with van der Waals surface area (Å²) in [7, 11) is 0. The maximum atomic E-state index is 15.2. The van der Waals surface area contributed by atoms with Gasteiger partial charge in [-0.25, -0.2) is 0 Å². The van der Waals surface area contributed by atoms with E-state index in [4.69, 9.17) is 0 Å². The van der Waals surface area contributed by atoms with Gasteiger partial charge in [0, 0.05) is 65.0 Å². The fraction of sp³-hybridized carbons (Fsp3) is 0.436. The number of hydrogen-bond donors (Lipinski definition) is 0.